The van der Waals surface area contributed by atoms with Gasteiger partial charge in [0.1, 0.15) is 0 Å². The summed E-state index contributed by atoms with van der Waals surface area (Å²) < 4.78 is 27.4. The number of amides is 1. The third-order valence-electron chi connectivity index (χ3n) is 4.66. The van der Waals surface area contributed by atoms with E-state index in [1.807, 2.05) is 18.2 Å². The van der Waals surface area contributed by atoms with Crippen LogP contribution in [0.3, 0.4) is 0 Å². The van der Waals surface area contributed by atoms with Crippen LogP contribution in [0.25, 0.3) is 0 Å². The van der Waals surface area contributed by atoms with Crippen molar-refractivity contribution in [2.75, 3.05) is 5.32 Å². The fraction of sp³-hybridized carbons (Fsp3) is 0.143. The zero-order valence-corrected chi connectivity index (χ0v) is 16.5. The number of aryl methyl sites for hydroxylation is 1. The summed E-state index contributed by atoms with van der Waals surface area (Å²) in [6.45, 7) is 2.07. The number of hydrogen-bond donors (Lipinski definition) is 2. The molecule has 2 heterocycles. The first-order valence-corrected chi connectivity index (χ1v) is 10.4. The maximum absolute atomic E-state index is 13.0. The van der Waals surface area contributed by atoms with Crippen LogP contribution in [0.4, 0.5) is 5.82 Å². The summed E-state index contributed by atoms with van der Waals surface area (Å²) in [7, 11) is -3.65. The molecule has 2 aromatic carbocycles. The molecule has 0 saturated heterocycles. The van der Waals surface area contributed by atoms with Gasteiger partial charge in [0, 0.05) is 23.6 Å². The van der Waals surface area contributed by atoms with E-state index in [1.165, 1.54) is 4.31 Å². The molecule has 0 saturated carbocycles. The number of benzene rings is 2. The fourth-order valence-electron chi connectivity index (χ4n) is 3.16. The Morgan fingerprint density at radius 1 is 1.10 bits per heavy atom. The molecule has 0 aliphatic carbocycles. The van der Waals surface area contributed by atoms with Crippen LogP contribution in [0.2, 0.25) is 0 Å². The number of carbonyl (C=O) groups is 1. The van der Waals surface area contributed by atoms with Crippen LogP contribution in [0.1, 0.15) is 22.4 Å². The van der Waals surface area contributed by atoms with E-state index in [9.17, 15) is 13.2 Å². The van der Waals surface area contributed by atoms with Crippen molar-refractivity contribution in [1.82, 2.24) is 14.5 Å². The minimum Gasteiger partial charge on any atom is -0.298 e. The van der Waals surface area contributed by atoms with Crippen molar-refractivity contribution < 1.29 is 13.2 Å². The van der Waals surface area contributed by atoms with Gasteiger partial charge in [-0.2, -0.15) is 9.40 Å². The number of rotatable bonds is 3. The molecule has 0 fully saturated rings. The fourth-order valence-corrected chi connectivity index (χ4v) is 4.76. The van der Waals surface area contributed by atoms with Crippen molar-refractivity contribution in [3.63, 3.8) is 0 Å². The van der Waals surface area contributed by atoms with Gasteiger partial charge in [0.2, 0.25) is 10.0 Å². The van der Waals surface area contributed by atoms with Gasteiger partial charge in [-0.3, -0.25) is 15.2 Å². The van der Waals surface area contributed by atoms with Gasteiger partial charge in [0.25, 0.3) is 0 Å². The first-order valence-electron chi connectivity index (χ1n) is 8.95. The lowest BCUT2D eigenvalue weighted by Crippen LogP contribution is -2.27. The maximum atomic E-state index is 13.0. The van der Waals surface area contributed by atoms with E-state index in [1.54, 1.807) is 43.3 Å². The van der Waals surface area contributed by atoms with Crippen LogP contribution in [-0.2, 0) is 27.9 Å². The quantitative estimate of drug-likeness (QED) is 0.653. The van der Waals surface area contributed by atoms with Crippen LogP contribution in [-0.4, -0.2) is 28.8 Å². The second-order valence-electron chi connectivity index (χ2n) is 6.64. The van der Waals surface area contributed by atoms with Crippen molar-refractivity contribution in [3.05, 3.63) is 77.0 Å². The van der Waals surface area contributed by atoms with E-state index < -0.39 is 15.9 Å². The van der Waals surface area contributed by atoms with Crippen molar-refractivity contribution in [3.8, 4) is 11.8 Å². The normalized spacial score (nSPS) is 13.4. The highest BCUT2D eigenvalue weighted by Gasteiger charge is 2.34. The second-order valence-corrected chi connectivity index (χ2v) is 8.54. The highest BCUT2D eigenvalue weighted by atomic mass is 32.2. The number of hydrogen-bond acceptors (Lipinski definition) is 4. The van der Waals surface area contributed by atoms with Gasteiger partial charge in [-0.15, -0.1) is 0 Å². The summed E-state index contributed by atoms with van der Waals surface area (Å²) in [6.07, 6.45) is 0. The molecule has 1 aliphatic rings. The molecular formula is C21H18N4O3S. The Bertz CT molecular complexity index is 1240. The molecule has 0 spiro atoms. The maximum Gasteiger partial charge on any atom is 0.301 e. The third-order valence-corrected chi connectivity index (χ3v) is 6.61. The third kappa shape index (κ3) is 3.78. The molecule has 0 radical (unpaired) electrons. The van der Waals surface area contributed by atoms with Crippen molar-refractivity contribution >= 4 is 21.7 Å². The molecular weight excluding hydrogens is 388 g/mol. The second kappa shape index (κ2) is 7.54. The van der Waals surface area contributed by atoms with Crippen molar-refractivity contribution in [2.24, 2.45) is 0 Å². The van der Waals surface area contributed by atoms with Gasteiger partial charge in [-0.05, 0) is 30.7 Å². The zero-order chi connectivity index (χ0) is 20.4. The molecule has 2 N–H and O–H groups in total. The molecule has 7 nitrogen and oxygen atoms in total. The summed E-state index contributed by atoms with van der Waals surface area (Å²) in [6, 6.07) is 16.0. The summed E-state index contributed by atoms with van der Waals surface area (Å²) in [5.74, 6) is 5.09. The average molecular weight is 406 g/mol. The topological polar surface area (TPSA) is 95.2 Å². The van der Waals surface area contributed by atoms with Gasteiger partial charge >= 0.3 is 5.91 Å². The smallest absolute Gasteiger partial charge is 0.298 e. The van der Waals surface area contributed by atoms with Crippen molar-refractivity contribution in [1.29, 1.82) is 0 Å². The molecule has 0 unspecified atom stereocenters. The van der Waals surface area contributed by atoms with Gasteiger partial charge in [-0.25, -0.2) is 8.42 Å². The lowest BCUT2D eigenvalue weighted by atomic mass is 10.2. The molecule has 3 aromatic rings. The Balaban J connectivity index is 1.51. The van der Waals surface area contributed by atoms with E-state index in [0.717, 1.165) is 5.56 Å². The number of nitrogens with one attached hydrogen (secondary N) is 2. The first kappa shape index (κ1) is 18.9. The number of aromatic amines is 1. The Kier molecular flexibility index (Phi) is 4.92. The predicted molar refractivity (Wildman–Crippen MR) is 108 cm³/mol. The Hall–Kier alpha value is -3.41. The molecule has 0 bridgehead atoms. The summed E-state index contributed by atoms with van der Waals surface area (Å²) in [5, 5.41) is 9.55. The van der Waals surface area contributed by atoms with Crippen LogP contribution in [0, 0.1) is 18.8 Å². The van der Waals surface area contributed by atoms with E-state index in [2.05, 4.69) is 27.4 Å². The van der Waals surface area contributed by atoms with Gasteiger partial charge < -0.3 is 0 Å². The van der Waals surface area contributed by atoms with Gasteiger partial charge in [0.15, 0.2) is 5.82 Å². The first-order chi connectivity index (χ1) is 13.9. The highest BCUT2D eigenvalue weighted by Crippen LogP contribution is 2.32. The Morgan fingerprint density at radius 3 is 2.59 bits per heavy atom. The number of sulfonamides is 1. The van der Waals surface area contributed by atoms with E-state index >= 15 is 0 Å². The molecule has 1 aromatic heterocycles. The number of aromatic nitrogens is 2. The van der Waals surface area contributed by atoms with E-state index in [-0.39, 0.29) is 18.0 Å². The number of nitrogens with zero attached hydrogens (tertiary/aromatic N) is 2. The molecule has 0 atom stereocenters. The molecule has 1 amide bonds. The zero-order valence-electron chi connectivity index (χ0n) is 15.6. The lowest BCUT2D eigenvalue weighted by molar-refractivity contribution is -0.111. The average Bonchev–Trinajstić information content (AvgIpc) is 3.30. The predicted octanol–water partition coefficient (Wildman–Crippen LogP) is 2.41. The molecule has 146 valence electrons. The van der Waals surface area contributed by atoms with Crippen molar-refractivity contribution in [2.45, 2.75) is 24.9 Å². The Morgan fingerprint density at radius 2 is 1.83 bits per heavy atom. The number of H-pyrrole nitrogens is 1. The largest absolute Gasteiger partial charge is 0.301 e. The van der Waals surface area contributed by atoms with E-state index in [0.29, 0.717) is 22.6 Å². The number of carbonyl (C=O) groups excluding carboxylic acids is 1. The number of anilines is 1. The number of fused-ring (bicyclic) bond motifs is 1. The molecule has 1 aliphatic heterocycles. The summed E-state index contributed by atoms with van der Waals surface area (Å²) >= 11 is 0. The van der Waals surface area contributed by atoms with Crippen LogP contribution >= 0.6 is 0 Å². The van der Waals surface area contributed by atoms with E-state index in [4.69, 9.17) is 0 Å². The van der Waals surface area contributed by atoms with Crippen LogP contribution < -0.4 is 5.32 Å². The molecule has 8 heteroatoms. The van der Waals surface area contributed by atoms with Crippen LogP contribution in [0.5, 0.6) is 0 Å². The minimum atomic E-state index is -3.65. The molecule has 4 rings (SSSR count). The minimum absolute atomic E-state index is 0.129. The van der Waals surface area contributed by atoms with Crippen LogP contribution in [0.15, 0.2) is 59.5 Å². The summed E-state index contributed by atoms with van der Waals surface area (Å²) in [5.41, 5.74) is 2.72. The monoisotopic (exact) mass is 406 g/mol. The molecule has 29 heavy (non-hydrogen) atoms. The SMILES string of the molecule is Cc1ccccc1S(=O)(=O)N1Cc2[nH]nc(NC(=O)C#Cc3ccccc3)c2C1. The summed E-state index contributed by atoms with van der Waals surface area (Å²) in [4.78, 5) is 12.4. The lowest BCUT2D eigenvalue weighted by Gasteiger charge is -2.17. The van der Waals surface area contributed by atoms with Gasteiger partial charge in [0.05, 0.1) is 17.1 Å². The Labute approximate surface area is 168 Å². The standard InChI is InChI=1S/C21H18N4O3S/c1-15-7-5-6-10-19(15)29(27,28)25-13-17-18(14-25)23-24-21(17)22-20(26)12-11-16-8-3-2-4-9-16/h2-10H,13-14H2,1H3,(H2,22,23,24,26). The highest BCUT2D eigenvalue weighted by molar-refractivity contribution is 7.89. The van der Waals surface area contributed by atoms with Gasteiger partial charge in [-0.1, -0.05) is 42.3 Å².